The van der Waals surface area contributed by atoms with E-state index in [9.17, 15) is 15.2 Å². The summed E-state index contributed by atoms with van der Waals surface area (Å²) in [6, 6.07) is 16.1. The molecule has 3 rings (SSSR count). The Bertz CT molecular complexity index is 895. The lowest BCUT2D eigenvalue weighted by Gasteiger charge is -2.24. The number of nitro benzene ring substituents is 1. The highest BCUT2D eigenvalue weighted by Crippen LogP contribution is 2.33. The van der Waals surface area contributed by atoms with E-state index in [0.717, 1.165) is 5.56 Å². The summed E-state index contributed by atoms with van der Waals surface area (Å²) < 4.78 is 0. The largest absolute Gasteiger partial charge is 0.385 e. The van der Waals surface area contributed by atoms with E-state index in [1.807, 2.05) is 30.3 Å². The van der Waals surface area contributed by atoms with Crippen molar-refractivity contribution in [2.24, 2.45) is 0 Å². The molecule has 3 aromatic rings. The minimum Gasteiger partial charge on any atom is -0.385 e. The molecule has 0 saturated carbocycles. The molecule has 128 valence electrons. The van der Waals surface area contributed by atoms with Crippen molar-refractivity contribution in [3.05, 3.63) is 76.5 Å². The minimum absolute atomic E-state index is 0.00459. The SMILES string of the molecule is CC(O)(CCNc1ccc2ncccc2c1[N+](=O)[O-])c1ccccc1. The monoisotopic (exact) mass is 337 g/mol. The van der Waals surface area contributed by atoms with Crippen LogP contribution < -0.4 is 5.32 Å². The summed E-state index contributed by atoms with van der Waals surface area (Å²) in [5.41, 5.74) is 0.811. The zero-order chi connectivity index (χ0) is 17.9. The number of pyridine rings is 1. The molecule has 0 aliphatic heterocycles. The quantitative estimate of drug-likeness (QED) is 0.527. The average molecular weight is 337 g/mol. The summed E-state index contributed by atoms with van der Waals surface area (Å²) in [7, 11) is 0. The Kier molecular flexibility index (Phi) is 4.63. The maximum absolute atomic E-state index is 11.5. The summed E-state index contributed by atoms with van der Waals surface area (Å²) in [5.74, 6) is 0. The highest BCUT2D eigenvalue weighted by Gasteiger charge is 2.23. The molecule has 6 heteroatoms. The molecular weight excluding hydrogens is 318 g/mol. The Morgan fingerprint density at radius 3 is 2.64 bits per heavy atom. The van der Waals surface area contributed by atoms with E-state index in [-0.39, 0.29) is 5.69 Å². The number of hydrogen-bond donors (Lipinski definition) is 2. The fraction of sp³-hybridized carbons (Fsp3) is 0.211. The lowest BCUT2D eigenvalue weighted by atomic mass is 9.92. The van der Waals surface area contributed by atoms with Crippen LogP contribution >= 0.6 is 0 Å². The van der Waals surface area contributed by atoms with Gasteiger partial charge in [-0.05, 0) is 43.2 Å². The van der Waals surface area contributed by atoms with Crippen LogP contribution in [0.2, 0.25) is 0 Å². The van der Waals surface area contributed by atoms with Crippen LogP contribution in [-0.4, -0.2) is 21.6 Å². The van der Waals surface area contributed by atoms with Crippen molar-refractivity contribution >= 4 is 22.3 Å². The summed E-state index contributed by atoms with van der Waals surface area (Å²) >= 11 is 0. The molecule has 25 heavy (non-hydrogen) atoms. The first-order valence-corrected chi connectivity index (χ1v) is 8.03. The maximum Gasteiger partial charge on any atom is 0.301 e. The van der Waals surface area contributed by atoms with E-state index < -0.39 is 10.5 Å². The van der Waals surface area contributed by atoms with Crippen molar-refractivity contribution in [2.75, 3.05) is 11.9 Å². The molecule has 2 N–H and O–H groups in total. The smallest absolute Gasteiger partial charge is 0.301 e. The van der Waals surface area contributed by atoms with Crippen molar-refractivity contribution in [3.63, 3.8) is 0 Å². The molecule has 0 amide bonds. The number of nitrogens with zero attached hydrogens (tertiary/aromatic N) is 2. The molecule has 6 nitrogen and oxygen atoms in total. The standard InChI is InChI=1S/C19H19N3O3/c1-19(23,14-6-3-2-4-7-14)11-13-21-17-10-9-16-15(8-5-12-20-16)18(17)22(24)25/h2-10,12,21,23H,11,13H2,1H3. The highest BCUT2D eigenvalue weighted by atomic mass is 16.6. The number of nitrogens with one attached hydrogen (secondary N) is 1. The molecule has 1 heterocycles. The normalized spacial score (nSPS) is 13.4. The van der Waals surface area contributed by atoms with Crippen molar-refractivity contribution in [1.82, 2.24) is 4.98 Å². The van der Waals surface area contributed by atoms with Gasteiger partial charge in [-0.15, -0.1) is 0 Å². The zero-order valence-corrected chi connectivity index (χ0v) is 13.8. The van der Waals surface area contributed by atoms with Gasteiger partial charge in [-0.2, -0.15) is 0 Å². The highest BCUT2D eigenvalue weighted by molar-refractivity contribution is 5.94. The van der Waals surface area contributed by atoms with Crippen LogP contribution in [0.4, 0.5) is 11.4 Å². The van der Waals surface area contributed by atoms with E-state index in [1.165, 1.54) is 0 Å². The number of rotatable bonds is 6. The molecule has 1 aromatic heterocycles. The molecule has 2 aromatic carbocycles. The van der Waals surface area contributed by atoms with Crippen molar-refractivity contribution in [1.29, 1.82) is 0 Å². The van der Waals surface area contributed by atoms with Gasteiger partial charge in [0.25, 0.3) is 0 Å². The number of aliphatic hydroxyl groups is 1. The van der Waals surface area contributed by atoms with E-state index in [1.54, 1.807) is 37.4 Å². The third-order valence-corrected chi connectivity index (χ3v) is 4.26. The molecular formula is C19H19N3O3. The Morgan fingerprint density at radius 1 is 1.16 bits per heavy atom. The van der Waals surface area contributed by atoms with Gasteiger partial charge in [-0.1, -0.05) is 30.3 Å². The van der Waals surface area contributed by atoms with Crippen LogP contribution in [0, 0.1) is 10.1 Å². The van der Waals surface area contributed by atoms with Crippen molar-refractivity contribution in [3.8, 4) is 0 Å². The molecule has 1 unspecified atom stereocenters. The molecule has 1 atom stereocenters. The lowest BCUT2D eigenvalue weighted by molar-refractivity contribution is -0.382. The van der Waals surface area contributed by atoms with Gasteiger partial charge in [0.2, 0.25) is 0 Å². The number of anilines is 1. The molecule has 0 spiro atoms. The Hall–Kier alpha value is -2.99. The van der Waals surface area contributed by atoms with Gasteiger partial charge in [0, 0.05) is 12.7 Å². The lowest BCUT2D eigenvalue weighted by Crippen LogP contribution is -2.24. The van der Waals surface area contributed by atoms with E-state index >= 15 is 0 Å². The zero-order valence-electron chi connectivity index (χ0n) is 13.8. The predicted octanol–water partition coefficient (Wildman–Crippen LogP) is 3.85. The molecule has 0 aliphatic rings. The summed E-state index contributed by atoms with van der Waals surface area (Å²) in [6.07, 6.45) is 2.02. The number of fused-ring (bicyclic) bond motifs is 1. The number of nitro groups is 1. The second-order valence-corrected chi connectivity index (χ2v) is 6.11. The Morgan fingerprint density at radius 2 is 1.92 bits per heavy atom. The average Bonchev–Trinajstić information content (AvgIpc) is 2.61. The van der Waals surface area contributed by atoms with Gasteiger partial charge in [-0.3, -0.25) is 15.1 Å². The second-order valence-electron chi connectivity index (χ2n) is 6.11. The first kappa shape index (κ1) is 16.9. The van der Waals surface area contributed by atoms with Gasteiger partial charge in [0.1, 0.15) is 5.69 Å². The first-order chi connectivity index (χ1) is 12.0. The molecule has 0 fully saturated rings. The predicted molar refractivity (Wildman–Crippen MR) is 97.5 cm³/mol. The summed E-state index contributed by atoms with van der Waals surface area (Å²) in [6.45, 7) is 2.14. The Balaban J connectivity index is 1.80. The van der Waals surface area contributed by atoms with Gasteiger partial charge in [-0.25, -0.2) is 0 Å². The van der Waals surface area contributed by atoms with Gasteiger partial charge in [0.15, 0.2) is 0 Å². The van der Waals surface area contributed by atoms with Crippen molar-refractivity contribution < 1.29 is 10.0 Å². The van der Waals surface area contributed by atoms with E-state index in [0.29, 0.717) is 29.6 Å². The van der Waals surface area contributed by atoms with Gasteiger partial charge in [0.05, 0.1) is 21.4 Å². The minimum atomic E-state index is -1.01. The molecule has 0 bridgehead atoms. The van der Waals surface area contributed by atoms with Gasteiger partial charge < -0.3 is 10.4 Å². The van der Waals surface area contributed by atoms with Crippen LogP contribution in [0.25, 0.3) is 10.9 Å². The number of aromatic nitrogens is 1. The fourth-order valence-corrected chi connectivity index (χ4v) is 2.86. The van der Waals surface area contributed by atoms with E-state index in [2.05, 4.69) is 10.3 Å². The first-order valence-electron chi connectivity index (χ1n) is 8.03. The number of benzene rings is 2. The number of hydrogen-bond acceptors (Lipinski definition) is 5. The van der Waals surface area contributed by atoms with Crippen LogP contribution in [-0.2, 0) is 5.60 Å². The van der Waals surface area contributed by atoms with Crippen LogP contribution in [0.1, 0.15) is 18.9 Å². The molecule has 0 saturated heterocycles. The van der Waals surface area contributed by atoms with Crippen LogP contribution in [0.5, 0.6) is 0 Å². The third-order valence-electron chi connectivity index (χ3n) is 4.26. The van der Waals surface area contributed by atoms with E-state index in [4.69, 9.17) is 0 Å². The maximum atomic E-state index is 11.5. The third kappa shape index (κ3) is 3.59. The van der Waals surface area contributed by atoms with Crippen molar-refractivity contribution in [2.45, 2.75) is 18.9 Å². The topological polar surface area (TPSA) is 88.3 Å². The second kappa shape index (κ2) is 6.86. The van der Waals surface area contributed by atoms with Crippen LogP contribution in [0.3, 0.4) is 0 Å². The molecule has 0 aliphatic carbocycles. The van der Waals surface area contributed by atoms with Gasteiger partial charge >= 0.3 is 5.69 Å². The fourth-order valence-electron chi connectivity index (χ4n) is 2.86. The van der Waals surface area contributed by atoms with Crippen LogP contribution in [0.15, 0.2) is 60.8 Å². The molecule has 0 radical (unpaired) electrons. The summed E-state index contributed by atoms with van der Waals surface area (Å²) in [4.78, 5) is 15.3. The Labute approximate surface area is 145 Å². The summed E-state index contributed by atoms with van der Waals surface area (Å²) in [5, 5.41) is 25.7.